The van der Waals surface area contributed by atoms with Crippen LogP contribution >= 0.6 is 15.9 Å². The van der Waals surface area contributed by atoms with Crippen LogP contribution in [-0.2, 0) is 6.54 Å². The fourth-order valence-corrected chi connectivity index (χ4v) is 3.09. The van der Waals surface area contributed by atoms with E-state index in [1.807, 2.05) is 0 Å². The lowest BCUT2D eigenvalue weighted by Crippen LogP contribution is -2.42. The van der Waals surface area contributed by atoms with Gasteiger partial charge in [-0.3, -0.25) is 4.79 Å². The highest BCUT2D eigenvalue weighted by Gasteiger charge is 2.26. The van der Waals surface area contributed by atoms with E-state index in [1.165, 1.54) is 17.5 Å². The van der Waals surface area contributed by atoms with E-state index in [0.29, 0.717) is 16.9 Å². The Balaban J connectivity index is 2.07. The van der Waals surface area contributed by atoms with Crippen molar-refractivity contribution >= 4 is 21.6 Å². The van der Waals surface area contributed by atoms with Gasteiger partial charge in [0.1, 0.15) is 4.47 Å². The zero-order valence-corrected chi connectivity index (χ0v) is 14.7. The molecule has 0 bridgehead atoms. The molecule has 0 aliphatic carbocycles. The summed E-state index contributed by atoms with van der Waals surface area (Å²) in [6, 6.07) is 0. The molecule has 2 N–H and O–H groups in total. The van der Waals surface area contributed by atoms with Crippen molar-refractivity contribution in [1.29, 1.82) is 0 Å². The molecule has 1 aliphatic heterocycles. The number of halogens is 1. The molecule has 1 unspecified atom stereocenters. The van der Waals surface area contributed by atoms with Gasteiger partial charge in [-0.2, -0.15) is 5.10 Å². The number of nitrogens with zero attached hydrogens (tertiary/aromatic N) is 2. The number of anilines is 1. The van der Waals surface area contributed by atoms with E-state index in [1.54, 1.807) is 6.20 Å². The Morgan fingerprint density at radius 2 is 2.33 bits per heavy atom. The van der Waals surface area contributed by atoms with Crippen LogP contribution in [-0.4, -0.2) is 29.4 Å². The summed E-state index contributed by atoms with van der Waals surface area (Å²) in [6.45, 7) is 10.0. The SMILES string of the molecule is CC(C)Cn1ncc(NCC2(C)CCCNC2)c(Br)c1=O. The van der Waals surface area contributed by atoms with Gasteiger partial charge in [-0.15, -0.1) is 0 Å². The van der Waals surface area contributed by atoms with E-state index >= 15 is 0 Å². The number of piperidine rings is 1. The van der Waals surface area contributed by atoms with Crippen LogP contribution in [0, 0.1) is 11.3 Å². The highest BCUT2D eigenvalue weighted by Crippen LogP contribution is 2.27. The maximum absolute atomic E-state index is 12.3. The summed E-state index contributed by atoms with van der Waals surface area (Å²) in [4.78, 5) is 12.3. The molecule has 118 valence electrons. The van der Waals surface area contributed by atoms with Crippen molar-refractivity contribution in [3.05, 3.63) is 21.0 Å². The van der Waals surface area contributed by atoms with Gasteiger partial charge in [0, 0.05) is 19.6 Å². The molecule has 21 heavy (non-hydrogen) atoms. The first-order chi connectivity index (χ1) is 9.91. The minimum atomic E-state index is -0.0689. The van der Waals surface area contributed by atoms with Crippen LogP contribution in [0.3, 0.4) is 0 Å². The fourth-order valence-electron chi connectivity index (χ4n) is 2.64. The van der Waals surface area contributed by atoms with Gasteiger partial charge in [0.2, 0.25) is 0 Å². The van der Waals surface area contributed by atoms with Crippen LogP contribution in [0.5, 0.6) is 0 Å². The number of aromatic nitrogens is 2. The molecule has 1 aliphatic rings. The van der Waals surface area contributed by atoms with Crippen molar-refractivity contribution < 1.29 is 0 Å². The average Bonchev–Trinajstić information content (AvgIpc) is 2.43. The molecular formula is C15H25BrN4O. The summed E-state index contributed by atoms with van der Waals surface area (Å²) in [7, 11) is 0. The maximum atomic E-state index is 12.3. The lowest BCUT2D eigenvalue weighted by molar-refractivity contribution is 0.253. The molecule has 0 radical (unpaired) electrons. The van der Waals surface area contributed by atoms with E-state index < -0.39 is 0 Å². The van der Waals surface area contributed by atoms with Crippen LogP contribution in [0.15, 0.2) is 15.5 Å². The van der Waals surface area contributed by atoms with Gasteiger partial charge < -0.3 is 10.6 Å². The second-order valence-electron chi connectivity index (χ2n) is 6.70. The first kappa shape index (κ1) is 16.5. The summed E-state index contributed by atoms with van der Waals surface area (Å²) in [6.07, 6.45) is 4.14. The lowest BCUT2D eigenvalue weighted by atomic mass is 9.83. The number of hydrogen-bond acceptors (Lipinski definition) is 4. The van der Waals surface area contributed by atoms with Gasteiger partial charge >= 0.3 is 0 Å². The Morgan fingerprint density at radius 3 is 2.95 bits per heavy atom. The van der Waals surface area contributed by atoms with Gasteiger partial charge in [-0.25, -0.2) is 4.68 Å². The monoisotopic (exact) mass is 356 g/mol. The molecule has 0 aromatic carbocycles. The third-order valence-electron chi connectivity index (χ3n) is 3.91. The zero-order chi connectivity index (χ0) is 15.5. The van der Waals surface area contributed by atoms with E-state index in [2.05, 4.69) is 52.4 Å². The van der Waals surface area contributed by atoms with Gasteiger partial charge in [0.25, 0.3) is 5.56 Å². The Kier molecular flexibility index (Phi) is 5.43. The molecule has 1 saturated heterocycles. The normalized spacial score (nSPS) is 22.5. The van der Waals surface area contributed by atoms with Gasteiger partial charge in [-0.1, -0.05) is 20.8 Å². The molecule has 0 amide bonds. The Labute approximate surface area is 134 Å². The van der Waals surface area contributed by atoms with Gasteiger partial charge in [0.15, 0.2) is 0 Å². The molecule has 1 aromatic heterocycles. The average molecular weight is 357 g/mol. The van der Waals surface area contributed by atoms with E-state index in [0.717, 1.165) is 25.3 Å². The second-order valence-corrected chi connectivity index (χ2v) is 7.49. The van der Waals surface area contributed by atoms with Gasteiger partial charge in [-0.05, 0) is 46.6 Å². The molecule has 0 spiro atoms. The standard InChI is InChI=1S/C15H25BrN4O/c1-11(2)8-20-14(21)13(16)12(7-19-20)18-10-15(3)5-4-6-17-9-15/h7,11,17-18H,4-6,8-10H2,1-3H3. The molecule has 1 atom stereocenters. The van der Waals surface area contributed by atoms with Crippen LogP contribution in [0.25, 0.3) is 0 Å². The van der Waals surface area contributed by atoms with Crippen LogP contribution in [0.1, 0.15) is 33.6 Å². The smallest absolute Gasteiger partial charge is 0.283 e. The summed E-state index contributed by atoms with van der Waals surface area (Å²) >= 11 is 3.41. The van der Waals surface area contributed by atoms with Crippen molar-refractivity contribution in [2.75, 3.05) is 25.0 Å². The first-order valence-electron chi connectivity index (χ1n) is 7.61. The number of rotatable bonds is 5. The van der Waals surface area contributed by atoms with E-state index in [-0.39, 0.29) is 11.0 Å². The van der Waals surface area contributed by atoms with Crippen molar-refractivity contribution in [3.63, 3.8) is 0 Å². The highest BCUT2D eigenvalue weighted by atomic mass is 79.9. The largest absolute Gasteiger partial charge is 0.382 e. The lowest BCUT2D eigenvalue weighted by Gasteiger charge is -2.34. The molecule has 5 nitrogen and oxygen atoms in total. The predicted octanol–water partition coefficient (Wildman–Crippen LogP) is 2.46. The molecular weight excluding hydrogens is 332 g/mol. The van der Waals surface area contributed by atoms with Gasteiger partial charge in [0.05, 0.1) is 11.9 Å². The molecule has 6 heteroatoms. The molecule has 2 rings (SSSR count). The molecule has 0 saturated carbocycles. The summed E-state index contributed by atoms with van der Waals surface area (Å²) in [5.74, 6) is 0.396. The Bertz CT molecular complexity index is 535. The number of hydrogen-bond donors (Lipinski definition) is 2. The van der Waals surface area contributed by atoms with Crippen molar-refractivity contribution in [2.45, 2.75) is 40.2 Å². The fraction of sp³-hybridized carbons (Fsp3) is 0.733. The minimum absolute atomic E-state index is 0.0689. The Hall–Kier alpha value is -0.880. The van der Waals surface area contributed by atoms with Crippen LogP contribution < -0.4 is 16.2 Å². The first-order valence-corrected chi connectivity index (χ1v) is 8.41. The summed E-state index contributed by atoms with van der Waals surface area (Å²) in [5, 5.41) is 11.1. The zero-order valence-electron chi connectivity index (χ0n) is 13.1. The van der Waals surface area contributed by atoms with Crippen LogP contribution in [0.2, 0.25) is 0 Å². The van der Waals surface area contributed by atoms with Crippen molar-refractivity contribution in [2.24, 2.45) is 11.3 Å². The van der Waals surface area contributed by atoms with Crippen molar-refractivity contribution in [3.8, 4) is 0 Å². The highest BCUT2D eigenvalue weighted by molar-refractivity contribution is 9.10. The predicted molar refractivity (Wildman–Crippen MR) is 89.7 cm³/mol. The molecule has 2 heterocycles. The topological polar surface area (TPSA) is 59.0 Å². The van der Waals surface area contributed by atoms with Crippen molar-refractivity contribution in [1.82, 2.24) is 15.1 Å². The molecule has 1 aromatic rings. The second kappa shape index (κ2) is 6.92. The minimum Gasteiger partial charge on any atom is -0.382 e. The quantitative estimate of drug-likeness (QED) is 0.850. The summed E-state index contributed by atoms with van der Waals surface area (Å²) in [5.41, 5.74) is 0.942. The number of nitrogens with one attached hydrogen (secondary N) is 2. The third kappa shape index (κ3) is 4.30. The maximum Gasteiger partial charge on any atom is 0.283 e. The molecule has 1 fully saturated rings. The van der Waals surface area contributed by atoms with Crippen LogP contribution in [0.4, 0.5) is 5.69 Å². The van der Waals surface area contributed by atoms with E-state index in [9.17, 15) is 4.79 Å². The van der Waals surface area contributed by atoms with E-state index in [4.69, 9.17) is 0 Å². The third-order valence-corrected chi connectivity index (χ3v) is 4.68. The summed E-state index contributed by atoms with van der Waals surface area (Å²) < 4.78 is 2.09. The Morgan fingerprint density at radius 1 is 1.57 bits per heavy atom.